The molecule has 3 aliphatic carbocycles. The Hall–Kier alpha value is 0.660. The van der Waals surface area contributed by atoms with E-state index in [1.807, 2.05) is 0 Å². The Balaban J connectivity index is 1.60. The molecule has 1 heterocycles. The monoisotopic (exact) mass is 382 g/mol. The first-order valence-corrected chi connectivity index (χ1v) is 13.4. The normalized spacial score (nSPS) is 51.7. The first-order valence-electron chi connectivity index (χ1n) is 11.1. The van der Waals surface area contributed by atoms with Crippen LogP contribution >= 0.6 is 21.6 Å². The average Bonchev–Trinajstić information content (AvgIpc) is 2.88. The van der Waals surface area contributed by atoms with Crippen LogP contribution in [0.1, 0.15) is 84.5 Å². The van der Waals surface area contributed by atoms with Crippen molar-refractivity contribution in [3.05, 3.63) is 0 Å². The zero-order valence-electron chi connectivity index (χ0n) is 16.2. The Bertz CT molecular complexity index is 442. The average molecular weight is 383 g/mol. The van der Waals surface area contributed by atoms with Crippen LogP contribution in [0, 0.1) is 35.5 Å². The van der Waals surface area contributed by atoms with Crippen LogP contribution in [0.25, 0.3) is 0 Å². The van der Waals surface area contributed by atoms with Gasteiger partial charge in [0.1, 0.15) is 0 Å². The zero-order chi connectivity index (χ0) is 17.4. The molecular weight excluding hydrogens is 344 g/mol. The van der Waals surface area contributed by atoms with Crippen molar-refractivity contribution in [3.8, 4) is 0 Å². The Morgan fingerprint density at radius 3 is 2.16 bits per heavy atom. The molecule has 9 unspecified atom stereocenters. The quantitative estimate of drug-likeness (QED) is 0.480. The standard InChI is InChI=1S/C22H38OS2/c1-14-3-5-17-13-20(9-14)24-25-22-10-15(2)4-8-21(22)18-7-6-16(17)11-19(23)12-18/h14-23H,3-13H2,1-2H3. The van der Waals surface area contributed by atoms with E-state index in [2.05, 4.69) is 35.4 Å². The maximum Gasteiger partial charge on any atom is 0.0545 e. The molecule has 144 valence electrons. The minimum atomic E-state index is -0.0197. The fourth-order valence-corrected chi connectivity index (χ4v) is 10.5. The summed E-state index contributed by atoms with van der Waals surface area (Å²) >= 11 is 0. The third-order valence-corrected chi connectivity index (χ3v) is 11.5. The van der Waals surface area contributed by atoms with Crippen molar-refractivity contribution in [1.29, 1.82) is 0 Å². The molecule has 1 aliphatic heterocycles. The lowest BCUT2D eigenvalue weighted by molar-refractivity contribution is 0.0982. The predicted molar refractivity (Wildman–Crippen MR) is 112 cm³/mol. The van der Waals surface area contributed by atoms with Crippen molar-refractivity contribution in [3.63, 3.8) is 0 Å². The molecule has 0 aromatic rings. The van der Waals surface area contributed by atoms with Gasteiger partial charge in [0.25, 0.3) is 0 Å². The lowest BCUT2D eigenvalue weighted by Gasteiger charge is -2.39. The Morgan fingerprint density at radius 2 is 1.28 bits per heavy atom. The van der Waals surface area contributed by atoms with Crippen LogP contribution in [0.4, 0.5) is 0 Å². The summed E-state index contributed by atoms with van der Waals surface area (Å²) in [5, 5.41) is 12.5. The van der Waals surface area contributed by atoms with Gasteiger partial charge in [0, 0.05) is 10.5 Å². The second-order valence-electron chi connectivity index (χ2n) is 10.1. The van der Waals surface area contributed by atoms with Gasteiger partial charge in [-0.05, 0) is 93.3 Å². The van der Waals surface area contributed by atoms with Gasteiger partial charge >= 0.3 is 0 Å². The summed E-state index contributed by atoms with van der Waals surface area (Å²) in [6.45, 7) is 4.95. The van der Waals surface area contributed by atoms with Crippen LogP contribution in [0.2, 0.25) is 0 Å². The number of hydrogen-bond acceptors (Lipinski definition) is 3. The summed E-state index contributed by atoms with van der Waals surface area (Å²) in [5.74, 6) is 5.16. The highest BCUT2D eigenvalue weighted by Crippen LogP contribution is 2.53. The topological polar surface area (TPSA) is 20.2 Å². The van der Waals surface area contributed by atoms with Crippen LogP contribution in [0.5, 0.6) is 0 Å². The first kappa shape index (κ1) is 19.0. The van der Waals surface area contributed by atoms with Gasteiger partial charge in [-0.15, -0.1) is 0 Å². The predicted octanol–water partition coefficient (Wildman–Crippen LogP) is 6.55. The van der Waals surface area contributed by atoms with Crippen LogP contribution in [0.3, 0.4) is 0 Å². The highest BCUT2D eigenvalue weighted by atomic mass is 33.1. The lowest BCUT2D eigenvalue weighted by Crippen LogP contribution is -2.33. The van der Waals surface area contributed by atoms with E-state index in [1.54, 1.807) is 0 Å². The van der Waals surface area contributed by atoms with Gasteiger partial charge in [-0.25, -0.2) is 0 Å². The lowest BCUT2D eigenvalue weighted by atomic mass is 9.73. The van der Waals surface area contributed by atoms with Gasteiger partial charge in [0.05, 0.1) is 6.10 Å². The number of aliphatic hydroxyl groups excluding tert-OH is 1. The third kappa shape index (κ3) is 4.57. The smallest absolute Gasteiger partial charge is 0.0545 e. The number of fused-ring (bicyclic) bond motifs is 8. The van der Waals surface area contributed by atoms with E-state index in [4.69, 9.17) is 0 Å². The van der Waals surface area contributed by atoms with E-state index in [-0.39, 0.29) is 6.10 Å². The van der Waals surface area contributed by atoms with E-state index >= 15 is 0 Å². The van der Waals surface area contributed by atoms with E-state index in [9.17, 15) is 5.11 Å². The van der Waals surface area contributed by atoms with E-state index in [0.717, 1.165) is 58.8 Å². The molecule has 0 aromatic carbocycles. The zero-order valence-corrected chi connectivity index (χ0v) is 17.9. The maximum absolute atomic E-state index is 10.8. The summed E-state index contributed by atoms with van der Waals surface area (Å²) in [6.07, 6.45) is 15.0. The maximum atomic E-state index is 10.8. The Morgan fingerprint density at radius 1 is 0.640 bits per heavy atom. The summed E-state index contributed by atoms with van der Waals surface area (Å²) in [6, 6.07) is 0. The molecule has 0 amide bonds. The van der Waals surface area contributed by atoms with Crippen molar-refractivity contribution >= 4 is 21.6 Å². The Kier molecular flexibility index (Phi) is 6.35. The number of aliphatic hydroxyl groups is 1. The molecular formula is C22H38OS2. The van der Waals surface area contributed by atoms with Crippen molar-refractivity contribution in [2.24, 2.45) is 35.5 Å². The molecule has 0 spiro atoms. The van der Waals surface area contributed by atoms with E-state index < -0.39 is 0 Å². The van der Waals surface area contributed by atoms with Crippen LogP contribution in [-0.4, -0.2) is 21.7 Å². The van der Waals surface area contributed by atoms with Gasteiger partial charge in [-0.3, -0.25) is 0 Å². The molecule has 3 heteroatoms. The third-order valence-electron chi connectivity index (χ3n) is 8.01. The number of rotatable bonds is 0. The van der Waals surface area contributed by atoms with E-state index in [1.165, 1.54) is 57.8 Å². The van der Waals surface area contributed by atoms with Crippen molar-refractivity contribution in [1.82, 2.24) is 0 Å². The minimum Gasteiger partial charge on any atom is -0.393 e. The van der Waals surface area contributed by atoms with E-state index in [0.29, 0.717) is 0 Å². The molecule has 4 aliphatic rings. The fraction of sp³-hybridized carbons (Fsp3) is 1.00. The number of hydrogen-bond donors (Lipinski definition) is 1. The van der Waals surface area contributed by atoms with Crippen molar-refractivity contribution < 1.29 is 5.11 Å². The highest BCUT2D eigenvalue weighted by Gasteiger charge is 2.41. The van der Waals surface area contributed by atoms with Gasteiger partial charge in [0.15, 0.2) is 0 Å². The second kappa shape index (κ2) is 8.35. The molecule has 4 fully saturated rings. The van der Waals surface area contributed by atoms with Gasteiger partial charge in [-0.2, -0.15) is 0 Å². The second-order valence-corrected chi connectivity index (χ2v) is 12.9. The molecule has 9 atom stereocenters. The molecule has 3 saturated carbocycles. The van der Waals surface area contributed by atoms with Crippen molar-refractivity contribution in [2.45, 2.75) is 101 Å². The van der Waals surface area contributed by atoms with Gasteiger partial charge < -0.3 is 5.11 Å². The minimum absolute atomic E-state index is 0.0197. The molecule has 0 aromatic heterocycles. The van der Waals surface area contributed by atoms with Gasteiger partial charge in [0.2, 0.25) is 0 Å². The molecule has 25 heavy (non-hydrogen) atoms. The molecule has 1 N–H and O–H groups in total. The highest BCUT2D eigenvalue weighted by molar-refractivity contribution is 8.77. The Labute approximate surface area is 163 Å². The summed E-state index contributed by atoms with van der Waals surface area (Å²) in [7, 11) is 4.56. The van der Waals surface area contributed by atoms with Crippen LogP contribution < -0.4 is 0 Å². The summed E-state index contributed by atoms with van der Waals surface area (Å²) in [5.41, 5.74) is 0. The SMILES string of the molecule is CC1CCC2CC(C1)SSC1CC(C)CCC1C1CCC2CC(O)C1. The molecule has 1 nitrogen and oxygen atoms in total. The molecule has 4 rings (SSSR count). The van der Waals surface area contributed by atoms with Crippen LogP contribution in [-0.2, 0) is 0 Å². The molecule has 0 radical (unpaired) electrons. The summed E-state index contributed by atoms with van der Waals surface area (Å²) < 4.78 is 0. The van der Waals surface area contributed by atoms with Crippen molar-refractivity contribution in [2.75, 3.05) is 0 Å². The summed E-state index contributed by atoms with van der Waals surface area (Å²) in [4.78, 5) is 0. The largest absolute Gasteiger partial charge is 0.393 e. The molecule has 1 saturated heterocycles. The first-order chi connectivity index (χ1) is 12.1. The van der Waals surface area contributed by atoms with Gasteiger partial charge in [-0.1, -0.05) is 48.3 Å². The molecule has 4 bridgehead atoms. The van der Waals surface area contributed by atoms with Crippen LogP contribution in [0.15, 0.2) is 0 Å². The fourth-order valence-electron chi connectivity index (χ4n) is 6.55.